The van der Waals surface area contributed by atoms with Gasteiger partial charge in [-0.1, -0.05) is 6.92 Å². The van der Waals surface area contributed by atoms with E-state index in [4.69, 9.17) is 4.74 Å². The topological polar surface area (TPSA) is 50.4 Å². The molecule has 2 unspecified atom stereocenters. The highest BCUT2D eigenvalue weighted by molar-refractivity contribution is 5.93. The maximum Gasteiger partial charge on any atom is 0.231 e. The normalized spacial score (nSPS) is 21.9. The number of amides is 1. The van der Waals surface area contributed by atoms with E-state index in [1.807, 2.05) is 0 Å². The Hall–Kier alpha value is -1.46. The van der Waals surface area contributed by atoms with Crippen molar-refractivity contribution in [1.82, 2.24) is 5.32 Å². The quantitative estimate of drug-likeness (QED) is 0.868. The molecule has 1 aliphatic rings. The second-order valence-corrected chi connectivity index (χ2v) is 5.21. The van der Waals surface area contributed by atoms with E-state index in [9.17, 15) is 9.18 Å². The molecule has 0 saturated carbocycles. The highest BCUT2D eigenvalue weighted by Gasteiger charge is 2.33. The number of hydrogen-bond acceptors (Lipinski definition) is 3. The highest BCUT2D eigenvalue weighted by Crippen LogP contribution is 2.18. The molecule has 1 aromatic rings. The Balaban J connectivity index is 1.99. The van der Waals surface area contributed by atoms with Crippen LogP contribution in [0.4, 0.5) is 10.1 Å². The van der Waals surface area contributed by atoms with Crippen molar-refractivity contribution in [2.24, 2.45) is 5.92 Å². The number of anilines is 1. The lowest BCUT2D eigenvalue weighted by Gasteiger charge is -2.18. The molecule has 1 amide bonds. The Morgan fingerprint density at radius 1 is 1.40 bits per heavy atom. The number of ether oxygens (including phenoxy) is 1. The first-order chi connectivity index (χ1) is 9.60. The number of nitrogens with one attached hydrogen (secondary N) is 2. The van der Waals surface area contributed by atoms with Crippen LogP contribution in [0.1, 0.15) is 18.9 Å². The molecule has 2 N–H and O–H groups in total. The first-order valence-corrected chi connectivity index (χ1v) is 6.99. The van der Waals surface area contributed by atoms with Crippen LogP contribution >= 0.6 is 0 Å². The van der Waals surface area contributed by atoms with E-state index >= 15 is 0 Å². The minimum Gasteiger partial charge on any atom is -0.379 e. The van der Waals surface area contributed by atoms with Gasteiger partial charge in [-0.25, -0.2) is 4.39 Å². The average Bonchev–Trinajstić information content (AvgIpc) is 2.83. The van der Waals surface area contributed by atoms with Gasteiger partial charge in [-0.05, 0) is 43.7 Å². The summed E-state index contributed by atoms with van der Waals surface area (Å²) in [5.41, 5.74) is 1.28. The molecule has 1 aliphatic heterocycles. The summed E-state index contributed by atoms with van der Waals surface area (Å²) in [5, 5.41) is 6.08. The van der Waals surface area contributed by atoms with Crippen LogP contribution in [0.5, 0.6) is 0 Å². The van der Waals surface area contributed by atoms with Crippen molar-refractivity contribution in [2.45, 2.75) is 26.3 Å². The van der Waals surface area contributed by atoms with Crippen molar-refractivity contribution in [3.63, 3.8) is 0 Å². The lowest BCUT2D eigenvalue weighted by molar-refractivity contribution is -0.120. The van der Waals surface area contributed by atoms with Crippen LogP contribution in [-0.2, 0) is 9.53 Å². The van der Waals surface area contributed by atoms with Gasteiger partial charge in [-0.15, -0.1) is 0 Å². The lowest BCUT2D eigenvalue weighted by Crippen LogP contribution is -2.41. The van der Waals surface area contributed by atoms with Crippen LogP contribution in [0.3, 0.4) is 0 Å². The van der Waals surface area contributed by atoms with Gasteiger partial charge in [-0.3, -0.25) is 4.79 Å². The number of carbonyl (C=O) groups is 1. The van der Waals surface area contributed by atoms with E-state index in [0.717, 1.165) is 18.5 Å². The molecule has 1 aromatic carbocycles. The third-order valence-corrected chi connectivity index (χ3v) is 3.38. The summed E-state index contributed by atoms with van der Waals surface area (Å²) in [7, 11) is 0. The summed E-state index contributed by atoms with van der Waals surface area (Å²) >= 11 is 0. The summed E-state index contributed by atoms with van der Waals surface area (Å²) in [6, 6.07) is 4.55. The summed E-state index contributed by atoms with van der Waals surface area (Å²) in [6.07, 6.45) is 1.01. The fourth-order valence-corrected chi connectivity index (χ4v) is 2.39. The van der Waals surface area contributed by atoms with Crippen LogP contribution < -0.4 is 10.6 Å². The number of hydrogen-bond donors (Lipinski definition) is 2. The van der Waals surface area contributed by atoms with Crippen molar-refractivity contribution < 1.29 is 13.9 Å². The van der Waals surface area contributed by atoms with Gasteiger partial charge < -0.3 is 15.4 Å². The van der Waals surface area contributed by atoms with Crippen molar-refractivity contribution in [3.05, 3.63) is 29.6 Å². The number of halogens is 1. The van der Waals surface area contributed by atoms with Crippen molar-refractivity contribution in [1.29, 1.82) is 0 Å². The maximum atomic E-state index is 13.3. The van der Waals surface area contributed by atoms with E-state index in [-0.39, 0.29) is 23.7 Å². The Labute approximate surface area is 118 Å². The molecular formula is C15H21FN2O2. The minimum atomic E-state index is -0.344. The van der Waals surface area contributed by atoms with Crippen molar-refractivity contribution in [2.75, 3.05) is 25.1 Å². The van der Waals surface area contributed by atoms with Crippen LogP contribution in [0.2, 0.25) is 0 Å². The van der Waals surface area contributed by atoms with Gasteiger partial charge in [0.2, 0.25) is 5.91 Å². The third-order valence-electron chi connectivity index (χ3n) is 3.38. The smallest absolute Gasteiger partial charge is 0.231 e. The van der Waals surface area contributed by atoms with Crippen molar-refractivity contribution >= 4 is 11.6 Å². The maximum absolute atomic E-state index is 13.3. The Morgan fingerprint density at radius 3 is 2.90 bits per heavy atom. The number of rotatable bonds is 5. The number of aryl methyl sites for hydroxylation is 1. The summed E-state index contributed by atoms with van der Waals surface area (Å²) in [4.78, 5) is 12.3. The zero-order valence-electron chi connectivity index (χ0n) is 11.9. The first-order valence-electron chi connectivity index (χ1n) is 6.99. The predicted octanol–water partition coefficient (Wildman–Crippen LogP) is 2.09. The molecular weight excluding hydrogens is 259 g/mol. The molecule has 110 valence electrons. The molecule has 1 saturated heterocycles. The molecule has 4 nitrogen and oxygen atoms in total. The standard InChI is InChI=1S/C15H21FN2O2/c1-3-4-17-14-9-20-8-13(14)15(19)18-12-6-10(2)5-11(16)7-12/h5-7,13-14,17H,3-4,8-9H2,1-2H3,(H,18,19). The molecule has 1 fully saturated rings. The van der Waals surface area contributed by atoms with Crippen LogP contribution in [0.25, 0.3) is 0 Å². The second-order valence-electron chi connectivity index (χ2n) is 5.21. The fourth-order valence-electron chi connectivity index (χ4n) is 2.39. The molecule has 20 heavy (non-hydrogen) atoms. The first kappa shape index (κ1) is 14.9. The van der Waals surface area contributed by atoms with Crippen LogP contribution in [-0.4, -0.2) is 31.7 Å². The SMILES string of the molecule is CCCNC1COCC1C(=O)Nc1cc(C)cc(F)c1. The molecule has 2 atom stereocenters. The third kappa shape index (κ3) is 3.77. The van der Waals surface area contributed by atoms with Gasteiger partial charge in [-0.2, -0.15) is 0 Å². The molecule has 0 spiro atoms. The van der Waals surface area contributed by atoms with Crippen molar-refractivity contribution in [3.8, 4) is 0 Å². The zero-order chi connectivity index (χ0) is 14.5. The Kier molecular flexibility index (Phi) is 5.09. The zero-order valence-corrected chi connectivity index (χ0v) is 11.9. The largest absolute Gasteiger partial charge is 0.379 e. The minimum absolute atomic E-state index is 0.0320. The molecule has 0 aliphatic carbocycles. The molecule has 0 radical (unpaired) electrons. The van der Waals surface area contributed by atoms with Crippen LogP contribution in [0.15, 0.2) is 18.2 Å². The fraction of sp³-hybridized carbons (Fsp3) is 0.533. The predicted molar refractivity (Wildman–Crippen MR) is 76.2 cm³/mol. The van der Waals surface area contributed by atoms with E-state index in [0.29, 0.717) is 18.9 Å². The average molecular weight is 280 g/mol. The van der Waals surface area contributed by atoms with Gasteiger partial charge >= 0.3 is 0 Å². The summed E-state index contributed by atoms with van der Waals surface area (Å²) < 4.78 is 18.7. The molecule has 5 heteroatoms. The molecule has 0 bridgehead atoms. The summed E-state index contributed by atoms with van der Waals surface area (Å²) in [5.74, 6) is -0.699. The second kappa shape index (κ2) is 6.81. The number of carbonyl (C=O) groups excluding carboxylic acids is 1. The van der Waals surface area contributed by atoms with Gasteiger partial charge in [0, 0.05) is 11.7 Å². The summed E-state index contributed by atoms with van der Waals surface area (Å²) in [6.45, 7) is 5.68. The highest BCUT2D eigenvalue weighted by atomic mass is 19.1. The van der Waals surface area contributed by atoms with Gasteiger partial charge in [0.05, 0.1) is 19.1 Å². The van der Waals surface area contributed by atoms with E-state index in [2.05, 4.69) is 17.6 Å². The van der Waals surface area contributed by atoms with E-state index < -0.39 is 0 Å². The number of benzene rings is 1. The van der Waals surface area contributed by atoms with Gasteiger partial charge in [0.15, 0.2) is 0 Å². The van der Waals surface area contributed by atoms with Crippen LogP contribution in [0, 0.1) is 18.7 Å². The Morgan fingerprint density at radius 2 is 2.20 bits per heavy atom. The van der Waals surface area contributed by atoms with Gasteiger partial charge in [0.25, 0.3) is 0 Å². The molecule has 1 heterocycles. The monoisotopic (exact) mass is 280 g/mol. The Bertz CT molecular complexity index is 459. The van der Waals surface area contributed by atoms with Gasteiger partial charge in [0.1, 0.15) is 5.82 Å². The molecule has 2 rings (SSSR count). The molecule has 0 aromatic heterocycles. The van der Waals surface area contributed by atoms with E-state index in [1.54, 1.807) is 13.0 Å². The van der Waals surface area contributed by atoms with E-state index in [1.165, 1.54) is 12.1 Å². The lowest BCUT2D eigenvalue weighted by atomic mass is 10.0.